The van der Waals surface area contributed by atoms with E-state index < -0.39 is 5.92 Å². The predicted molar refractivity (Wildman–Crippen MR) is 128 cm³/mol. The monoisotopic (exact) mass is 486 g/mol. The van der Waals surface area contributed by atoms with Crippen LogP contribution in [-0.2, 0) is 4.79 Å². The number of fused-ring (bicyclic) bond motifs is 4. The zero-order valence-corrected chi connectivity index (χ0v) is 19.7. The molecule has 6 rings (SSSR count). The number of allylic oxidation sites excluding steroid dienone is 1. The Morgan fingerprint density at radius 3 is 2.42 bits per heavy atom. The van der Waals surface area contributed by atoms with Gasteiger partial charge in [0, 0.05) is 11.5 Å². The zero-order chi connectivity index (χ0) is 24.8. The highest BCUT2D eigenvalue weighted by Gasteiger charge is 2.38. The lowest BCUT2D eigenvalue weighted by atomic mass is 9.84. The summed E-state index contributed by atoms with van der Waals surface area (Å²) in [6.45, 7) is 0.970. The zero-order valence-electron chi connectivity index (χ0n) is 19.7. The maximum atomic E-state index is 13.3. The van der Waals surface area contributed by atoms with Gasteiger partial charge in [0.2, 0.25) is 5.78 Å². The van der Waals surface area contributed by atoms with E-state index >= 15 is 0 Å². The molecule has 0 bridgehead atoms. The van der Waals surface area contributed by atoms with Crippen molar-refractivity contribution in [3.63, 3.8) is 0 Å². The molecule has 0 spiro atoms. The third-order valence-corrected chi connectivity index (χ3v) is 6.45. The highest BCUT2D eigenvalue weighted by Crippen LogP contribution is 2.50. The van der Waals surface area contributed by atoms with Gasteiger partial charge in [-0.15, -0.1) is 0 Å². The molecule has 0 aliphatic carbocycles. The van der Waals surface area contributed by atoms with Crippen LogP contribution in [0.25, 0.3) is 6.08 Å². The first-order valence-electron chi connectivity index (χ1n) is 11.5. The Kier molecular flexibility index (Phi) is 5.29. The van der Waals surface area contributed by atoms with Gasteiger partial charge < -0.3 is 28.4 Å². The Morgan fingerprint density at radius 2 is 1.61 bits per heavy atom. The lowest BCUT2D eigenvalue weighted by molar-refractivity contribution is -0.135. The van der Waals surface area contributed by atoms with Crippen LogP contribution in [0.5, 0.6) is 34.5 Å². The molecule has 36 heavy (non-hydrogen) atoms. The fourth-order valence-electron chi connectivity index (χ4n) is 4.76. The Bertz CT molecular complexity index is 1440. The summed E-state index contributed by atoms with van der Waals surface area (Å²) in [5.41, 5.74) is 2.63. The number of ketones is 1. The molecule has 0 radical (unpaired) electrons. The van der Waals surface area contributed by atoms with Crippen LogP contribution in [0.1, 0.15) is 39.4 Å². The average molecular weight is 486 g/mol. The molecular formula is C28H22O8. The normalized spacial score (nSPS) is 18.7. The van der Waals surface area contributed by atoms with Crippen LogP contribution in [0.4, 0.5) is 0 Å². The molecule has 0 saturated heterocycles. The average Bonchev–Trinajstić information content (AvgIpc) is 3.22. The van der Waals surface area contributed by atoms with E-state index in [2.05, 4.69) is 0 Å². The first-order valence-corrected chi connectivity index (χ1v) is 11.5. The van der Waals surface area contributed by atoms with E-state index in [4.69, 9.17) is 28.4 Å². The van der Waals surface area contributed by atoms with Crippen molar-refractivity contribution < 1.29 is 38.0 Å². The number of hydrogen-bond acceptors (Lipinski definition) is 8. The van der Waals surface area contributed by atoms with Crippen molar-refractivity contribution in [3.8, 4) is 34.5 Å². The summed E-state index contributed by atoms with van der Waals surface area (Å²) in [5.74, 6) is 2.36. The minimum Gasteiger partial charge on any atom is -0.493 e. The van der Waals surface area contributed by atoms with E-state index in [9.17, 15) is 9.59 Å². The second-order valence-electron chi connectivity index (χ2n) is 8.54. The van der Waals surface area contributed by atoms with Gasteiger partial charge in [-0.3, -0.25) is 9.59 Å². The van der Waals surface area contributed by atoms with Gasteiger partial charge in [0.15, 0.2) is 28.8 Å². The van der Waals surface area contributed by atoms with Crippen LogP contribution < -0.4 is 28.4 Å². The van der Waals surface area contributed by atoms with Crippen molar-refractivity contribution in [2.45, 2.75) is 12.3 Å². The summed E-state index contributed by atoms with van der Waals surface area (Å²) in [7, 11) is 3.12. The third kappa shape index (κ3) is 3.62. The Hall–Kier alpha value is -4.46. The first-order chi connectivity index (χ1) is 17.6. The van der Waals surface area contributed by atoms with Crippen molar-refractivity contribution in [2.24, 2.45) is 0 Å². The van der Waals surface area contributed by atoms with Crippen molar-refractivity contribution in [1.29, 1.82) is 0 Å². The number of carbonyl (C=O) groups excluding carboxylic acids is 2. The summed E-state index contributed by atoms with van der Waals surface area (Å²) >= 11 is 0. The van der Waals surface area contributed by atoms with Gasteiger partial charge in [-0.05, 0) is 53.6 Å². The first kappa shape index (κ1) is 22.0. The number of rotatable bonds is 4. The molecule has 1 atom stereocenters. The molecule has 0 N–H and O–H groups in total. The summed E-state index contributed by atoms with van der Waals surface area (Å²) in [6, 6.07) is 14.2. The Labute approximate surface area is 206 Å². The molecule has 0 fully saturated rings. The molecule has 3 aromatic rings. The maximum Gasteiger partial charge on any atom is 0.312 e. The van der Waals surface area contributed by atoms with Crippen LogP contribution in [0.15, 0.2) is 54.3 Å². The standard InChI is InChI=1S/C28H22O8/c1-31-19-7-4-16(13-22(19)32-2)18-14-25(29)35-21-8-5-17-27(30)24(36-28(17)26(18)21)12-15-3-6-20-23(11-15)34-10-9-33-20/h3-8,11-13,18H,9-10,14H2,1-2H3/b24-12-/t18-/m1/s1. The minimum absolute atomic E-state index is 0.0949. The topological polar surface area (TPSA) is 89.5 Å². The van der Waals surface area contributed by atoms with Gasteiger partial charge in [-0.25, -0.2) is 0 Å². The number of Topliss-reactive ketones (excluding diaryl/α,β-unsaturated/α-hetero) is 1. The smallest absolute Gasteiger partial charge is 0.312 e. The largest absolute Gasteiger partial charge is 0.493 e. The highest BCUT2D eigenvalue weighted by atomic mass is 16.6. The van der Waals surface area contributed by atoms with Gasteiger partial charge in [-0.1, -0.05) is 12.1 Å². The molecular weight excluding hydrogens is 464 g/mol. The van der Waals surface area contributed by atoms with Crippen LogP contribution in [-0.4, -0.2) is 39.2 Å². The molecule has 182 valence electrons. The second-order valence-corrected chi connectivity index (χ2v) is 8.54. The summed E-state index contributed by atoms with van der Waals surface area (Å²) in [4.78, 5) is 25.7. The summed E-state index contributed by atoms with van der Waals surface area (Å²) < 4.78 is 33.7. The molecule has 3 aromatic carbocycles. The lowest BCUT2D eigenvalue weighted by Gasteiger charge is -2.26. The molecule has 3 aliphatic rings. The van der Waals surface area contributed by atoms with Crippen molar-refractivity contribution >= 4 is 17.8 Å². The fraction of sp³-hybridized carbons (Fsp3) is 0.214. The van der Waals surface area contributed by atoms with Crippen LogP contribution in [0, 0.1) is 0 Å². The highest BCUT2D eigenvalue weighted by molar-refractivity contribution is 6.15. The molecule has 0 unspecified atom stereocenters. The second kappa shape index (κ2) is 8.64. The van der Waals surface area contributed by atoms with Crippen LogP contribution in [0.2, 0.25) is 0 Å². The van der Waals surface area contributed by atoms with E-state index in [1.165, 1.54) is 0 Å². The molecule has 8 nitrogen and oxygen atoms in total. The predicted octanol–water partition coefficient (Wildman–Crippen LogP) is 4.53. The molecule has 0 aromatic heterocycles. The molecule has 3 aliphatic heterocycles. The van der Waals surface area contributed by atoms with E-state index in [0.717, 1.165) is 11.1 Å². The number of hydrogen-bond donors (Lipinski definition) is 0. The molecule has 3 heterocycles. The fourth-order valence-corrected chi connectivity index (χ4v) is 4.76. The quantitative estimate of drug-likeness (QED) is 0.302. The minimum atomic E-state index is -0.391. The molecule has 0 saturated carbocycles. The SMILES string of the molecule is COc1ccc([C@H]2CC(=O)Oc3ccc4c(c32)O/C(=C\c2ccc3c(c2)OCCO3)C4=O)cc1OC. The lowest BCUT2D eigenvalue weighted by Crippen LogP contribution is -2.21. The van der Waals surface area contributed by atoms with Gasteiger partial charge in [0.25, 0.3) is 0 Å². The van der Waals surface area contributed by atoms with E-state index in [1.807, 2.05) is 30.3 Å². The Morgan fingerprint density at radius 1 is 0.833 bits per heavy atom. The molecule has 8 heteroatoms. The van der Waals surface area contributed by atoms with Gasteiger partial charge >= 0.3 is 5.97 Å². The number of carbonyl (C=O) groups is 2. The summed E-state index contributed by atoms with van der Waals surface area (Å²) in [5, 5.41) is 0. The van der Waals surface area contributed by atoms with E-state index in [1.54, 1.807) is 38.5 Å². The van der Waals surface area contributed by atoms with Crippen molar-refractivity contribution in [3.05, 3.63) is 76.5 Å². The number of methoxy groups -OCH3 is 2. The third-order valence-electron chi connectivity index (χ3n) is 6.45. The van der Waals surface area contributed by atoms with Gasteiger partial charge in [0.1, 0.15) is 24.7 Å². The number of esters is 1. The number of benzene rings is 3. The van der Waals surface area contributed by atoms with Gasteiger partial charge in [0.05, 0.1) is 26.2 Å². The Balaban J connectivity index is 1.41. The van der Waals surface area contributed by atoms with E-state index in [0.29, 0.717) is 58.8 Å². The van der Waals surface area contributed by atoms with Crippen molar-refractivity contribution in [1.82, 2.24) is 0 Å². The van der Waals surface area contributed by atoms with Gasteiger partial charge in [-0.2, -0.15) is 0 Å². The van der Waals surface area contributed by atoms with Crippen molar-refractivity contribution in [2.75, 3.05) is 27.4 Å². The van der Waals surface area contributed by atoms with Crippen LogP contribution >= 0.6 is 0 Å². The molecule has 0 amide bonds. The summed E-state index contributed by atoms with van der Waals surface area (Å²) in [6.07, 6.45) is 1.77. The van der Waals surface area contributed by atoms with E-state index in [-0.39, 0.29) is 23.9 Å². The van der Waals surface area contributed by atoms with Crippen LogP contribution in [0.3, 0.4) is 0 Å². The number of ether oxygens (including phenoxy) is 6. The maximum absolute atomic E-state index is 13.3.